The summed E-state index contributed by atoms with van der Waals surface area (Å²) in [5, 5.41) is 0. The van der Waals surface area contributed by atoms with Crippen LogP contribution in [0.25, 0.3) is 0 Å². The van der Waals surface area contributed by atoms with Gasteiger partial charge in [-0.05, 0) is 54.2 Å². The maximum atomic E-state index is 13.2. The molecule has 0 amide bonds. The quantitative estimate of drug-likeness (QED) is 0.729. The van der Waals surface area contributed by atoms with E-state index in [2.05, 4.69) is 25.5 Å². The molecule has 0 radical (unpaired) electrons. The number of ether oxygens (including phenoxy) is 1. The summed E-state index contributed by atoms with van der Waals surface area (Å²) in [6.45, 7) is 11.0. The van der Waals surface area contributed by atoms with Crippen molar-refractivity contribution in [1.29, 1.82) is 0 Å². The van der Waals surface area contributed by atoms with Crippen LogP contribution in [-0.2, 0) is 30.2 Å². The summed E-state index contributed by atoms with van der Waals surface area (Å²) >= 11 is 0. The molecule has 0 aromatic heterocycles. The van der Waals surface area contributed by atoms with Crippen molar-refractivity contribution in [2.75, 3.05) is 31.0 Å². The summed E-state index contributed by atoms with van der Waals surface area (Å²) < 4.78 is 61.3. The second-order valence-corrected chi connectivity index (χ2v) is 12.4. The second kappa shape index (κ2) is 8.54. The van der Waals surface area contributed by atoms with E-state index in [4.69, 9.17) is 4.74 Å². The Morgan fingerprint density at radius 1 is 0.935 bits per heavy atom. The first-order valence-corrected chi connectivity index (χ1v) is 13.1. The Labute approximate surface area is 185 Å². The third kappa shape index (κ3) is 5.11. The van der Waals surface area contributed by atoms with E-state index in [0.717, 1.165) is 5.56 Å². The van der Waals surface area contributed by atoms with Crippen LogP contribution in [-0.4, -0.2) is 47.4 Å². The number of sulfonamides is 2. The molecule has 0 aliphatic carbocycles. The van der Waals surface area contributed by atoms with Gasteiger partial charge in [-0.25, -0.2) is 16.8 Å². The minimum Gasteiger partial charge on any atom is -0.379 e. The van der Waals surface area contributed by atoms with Crippen molar-refractivity contribution in [2.24, 2.45) is 0 Å². The molecule has 7 nitrogen and oxygen atoms in total. The van der Waals surface area contributed by atoms with Crippen molar-refractivity contribution in [3.63, 3.8) is 0 Å². The van der Waals surface area contributed by atoms with Crippen molar-refractivity contribution in [3.8, 4) is 0 Å². The molecule has 170 valence electrons. The predicted molar refractivity (Wildman–Crippen MR) is 121 cm³/mol. The van der Waals surface area contributed by atoms with Crippen molar-refractivity contribution in [2.45, 2.75) is 49.8 Å². The van der Waals surface area contributed by atoms with Crippen LogP contribution in [0.3, 0.4) is 0 Å². The highest BCUT2D eigenvalue weighted by molar-refractivity contribution is 7.92. The highest BCUT2D eigenvalue weighted by Crippen LogP contribution is 2.30. The fraction of sp³-hybridized carbons (Fsp3) is 0.455. The molecular formula is C22H30N2O5S2. The Hall–Kier alpha value is -1.94. The Kier molecular flexibility index (Phi) is 6.53. The van der Waals surface area contributed by atoms with E-state index in [1.165, 1.54) is 22.5 Å². The molecule has 2 aromatic carbocycles. The lowest BCUT2D eigenvalue weighted by Gasteiger charge is -2.26. The zero-order chi connectivity index (χ0) is 23.0. The molecule has 0 unspecified atom stereocenters. The fourth-order valence-corrected chi connectivity index (χ4v) is 6.63. The van der Waals surface area contributed by atoms with Gasteiger partial charge in [-0.3, -0.25) is 4.72 Å². The smallest absolute Gasteiger partial charge is 0.262 e. The molecular weight excluding hydrogens is 436 g/mol. The van der Waals surface area contributed by atoms with Gasteiger partial charge >= 0.3 is 0 Å². The number of rotatable bonds is 5. The van der Waals surface area contributed by atoms with Crippen LogP contribution in [0.4, 0.5) is 5.69 Å². The molecule has 0 spiro atoms. The number of aryl methyl sites for hydroxylation is 2. The molecule has 1 aliphatic heterocycles. The van der Waals surface area contributed by atoms with Gasteiger partial charge in [-0.1, -0.05) is 39.0 Å². The number of morpholine rings is 1. The number of nitrogens with zero attached hydrogens (tertiary/aromatic N) is 1. The summed E-state index contributed by atoms with van der Waals surface area (Å²) in [4.78, 5) is 0.257. The van der Waals surface area contributed by atoms with Crippen molar-refractivity contribution >= 4 is 25.7 Å². The third-order valence-corrected chi connectivity index (χ3v) is 8.87. The summed E-state index contributed by atoms with van der Waals surface area (Å²) in [5.74, 6) is 0. The molecule has 1 aliphatic rings. The fourth-order valence-electron chi connectivity index (χ4n) is 3.67. The highest BCUT2D eigenvalue weighted by Gasteiger charge is 2.28. The Bertz CT molecular complexity index is 1150. The van der Waals surface area contributed by atoms with Crippen LogP contribution in [0, 0.1) is 13.8 Å². The van der Waals surface area contributed by atoms with E-state index in [1.807, 2.05) is 12.1 Å². The highest BCUT2D eigenvalue weighted by atomic mass is 32.2. The molecule has 0 saturated carbocycles. The largest absolute Gasteiger partial charge is 0.379 e. The van der Waals surface area contributed by atoms with E-state index >= 15 is 0 Å². The first kappa shape index (κ1) is 23.7. The van der Waals surface area contributed by atoms with Crippen molar-refractivity contribution in [3.05, 3.63) is 53.1 Å². The second-order valence-electron chi connectivity index (χ2n) is 8.84. The SMILES string of the molecule is Cc1cc(C(C)(C)C)cc(C)c1S(=O)(=O)Nc1cccc(S(=O)(=O)N2CCOCC2)c1. The van der Waals surface area contributed by atoms with E-state index in [1.54, 1.807) is 19.9 Å². The standard InChI is InChI=1S/C22H30N2O5S2/c1-16-13-18(22(3,4)5)14-17(2)21(16)30(25,26)23-19-7-6-8-20(15-19)31(27,28)24-9-11-29-12-10-24/h6-8,13-15,23H,9-12H2,1-5H3. The van der Waals surface area contributed by atoms with Gasteiger partial charge in [0.15, 0.2) is 0 Å². The summed E-state index contributed by atoms with van der Waals surface area (Å²) in [7, 11) is -7.63. The maximum Gasteiger partial charge on any atom is 0.262 e. The average Bonchev–Trinajstić information content (AvgIpc) is 2.67. The van der Waals surface area contributed by atoms with Crippen LogP contribution >= 0.6 is 0 Å². The minimum absolute atomic E-state index is 0.0473. The van der Waals surface area contributed by atoms with Crippen LogP contribution < -0.4 is 4.72 Å². The number of hydrogen-bond donors (Lipinski definition) is 1. The number of hydrogen-bond acceptors (Lipinski definition) is 5. The molecule has 1 N–H and O–H groups in total. The summed E-state index contributed by atoms with van der Waals surface area (Å²) in [6, 6.07) is 9.69. The predicted octanol–water partition coefficient (Wildman–Crippen LogP) is 3.42. The molecule has 0 atom stereocenters. The van der Waals surface area contributed by atoms with Gasteiger partial charge in [-0.15, -0.1) is 0 Å². The van der Waals surface area contributed by atoms with E-state index in [-0.39, 0.29) is 34.0 Å². The van der Waals surface area contributed by atoms with Gasteiger partial charge in [0.05, 0.1) is 28.7 Å². The zero-order valence-corrected chi connectivity index (χ0v) is 20.2. The molecule has 1 saturated heterocycles. The summed E-state index contributed by atoms with van der Waals surface area (Å²) in [6.07, 6.45) is 0. The Morgan fingerprint density at radius 2 is 1.52 bits per heavy atom. The molecule has 1 fully saturated rings. The molecule has 3 rings (SSSR count). The van der Waals surface area contributed by atoms with Crippen LogP contribution in [0.5, 0.6) is 0 Å². The van der Waals surface area contributed by atoms with Crippen molar-refractivity contribution < 1.29 is 21.6 Å². The normalized spacial score (nSPS) is 16.3. The molecule has 31 heavy (non-hydrogen) atoms. The summed E-state index contributed by atoms with van der Waals surface area (Å²) in [5.41, 5.74) is 2.45. The number of benzene rings is 2. The van der Waals surface area contributed by atoms with Gasteiger partial charge in [0, 0.05) is 13.1 Å². The van der Waals surface area contributed by atoms with Crippen molar-refractivity contribution in [1.82, 2.24) is 4.31 Å². The maximum absolute atomic E-state index is 13.2. The van der Waals surface area contributed by atoms with Crippen LogP contribution in [0.2, 0.25) is 0 Å². The van der Waals surface area contributed by atoms with Crippen LogP contribution in [0.15, 0.2) is 46.2 Å². The molecule has 1 heterocycles. The lowest BCUT2D eigenvalue weighted by atomic mass is 9.85. The monoisotopic (exact) mass is 466 g/mol. The topological polar surface area (TPSA) is 92.8 Å². The Morgan fingerprint density at radius 3 is 2.06 bits per heavy atom. The molecule has 9 heteroatoms. The third-order valence-electron chi connectivity index (χ3n) is 5.29. The van der Waals surface area contributed by atoms with Gasteiger partial charge < -0.3 is 4.74 Å². The lowest BCUT2D eigenvalue weighted by molar-refractivity contribution is 0.0730. The lowest BCUT2D eigenvalue weighted by Crippen LogP contribution is -2.40. The number of anilines is 1. The minimum atomic E-state index is -3.90. The van der Waals surface area contributed by atoms with Gasteiger partial charge in [0.2, 0.25) is 10.0 Å². The van der Waals surface area contributed by atoms with Crippen LogP contribution in [0.1, 0.15) is 37.5 Å². The van der Waals surface area contributed by atoms with Gasteiger partial charge in [-0.2, -0.15) is 4.31 Å². The number of nitrogens with one attached hydrogen (secondary N) is 1. The van der Waals surface area contributed by atoms with E-state index in [0.29, 0.717) is 24.3 Å². The molecule has 2 aromatic rings. The van der Waals surface area contributed by atoms with Gasteiger partial charge in [0.1, 0.15) is 0 Å². The first-order chi connectivity index (χ1) is 14.3. The van der Waals surface area contributed by atoms with Gasteiger partial charge in [0.25, 0.3) is 10.0 Å². The average molecular weight is 467 g/mol. The Balaban J connectivity index is 1.94. The van der Waals surface area contributed by atoms with E-state index < -0.39 is 20.0 Å². The first-order valence-electron chi connectivity index (χ1n) is 10.1. The van der Waals surface area contributed by atoms with E-state index in [9.17, 15) is 16.8 Å². The zero-order valence-electron chi connectivity index (χ0n) is 18.6. The molecule has 0 bridgehead atoms.